The van der Waals surface area contributed by atoms with E-state index >= 15 is 0 Å². The number of para-hydroxylation sites is 3. The highest BCUT2D eigenvalue weighted by Crippen LogP contribution is 2.39. The molecule has 0 atom stereocenters. The smallest absolute Gasteiger partial charge is 0.166 e. The average Bonchev–Trinajstić information content (AvgIpc) is 3.79. The van der Waals surface area contributed by atoms with Crippen LogP contribution in [0.2, 0.25) is 0 Å². The monoisotopic (exact) mass is 691 g/mol. The molecule has 4 heterocycles. The summed E-state index contributed by atoms with van der Waals surface area (Å²) in [6.07, 6.45) is 3.54. The van der Waals surface area contributed by atoms with Gasteiger partial charge in [0.1, 0.15) is 5.58 Å². The second-order valence-electron chi connectivity index (χ2n) is 13.5. The van der Waals surface area contributed by atoms with Crippen LogP contribution in [0.4, 0.5) is 0 Å². The first kappa shape index (κ1) is 30.2. The van der Waals surface area contributed by atoms with E-state index in [1.54, 1.807) is 12.4 Å². The van der Waals surface area contributed by atoms with Crippen molar-refractivity contribution in [1.29, 1.82) is 0 Å². The Kier molecular flexibility index (Phi) is 6.75. The fourth-order valence-electron chi connectivity index (χ4n) is 7.85. The van der Waals surface area contributed by atoms with Crippen molar-refractivity contribution in [2.45, 2.75) is 0 Å². The van der Waals surface area contributed by atoms with E-state index in [0.29, 0.717) is 17.5 Å². The van der Waals surface area contributed by atoms with Crippen molar-refractivity contribution in [1.82, 2.24) is 24.5 Å². The molecule has 0 spiro atoms. The van der Waals surface area contributed by atoms with E-state index in [1.165, 1.54) is 21.9 Å². The lowest BCUT2D eigenvalue weighted by Crippen LogP contribution is -2.03. The molecule has 7 aromatic carbocycles. The highest BCUT2D eigenvalue weighted by Gasteiger charge is 2.21. The summed E-state index contributed by atoms with van der Waals surface area (Å²) in [6.45, 7) is 0. The van der Waals surface area contributed by atoms with Gasteiger partial charge in [-0.2, -0.15) is 0 Å². The Labute approximate surface area is 309 Å². The lowest BCUT2D eigenvalue weighted by molar-refractivity contribution is 0.667. The molecule has 0 N–H and O–H groups in total. The SMILES string of the molecule is c1ccc(-c2ccc3cc(-c4nc(-c5ccccc5-n5c6ccccc6c6ccccc65)nc(-c5cccc6oc7cnccc7c56)n4)ccc3c2)cc1. The zero-order chi connectivity index (χ0) is 35.6. The standard InChI is InChI=1S/C48H29N5O/c1-2-11-30(12-3-1)31-21-22-33-28-34(24-23-32(33)27-31)46-50-47(52-48(51-46)39-16-10-20-43-45(39)38-25-26-49-29-44(38)54-43)37-15-6-9-19-42(37)53-40-17-7-4-13-35(40)36-14-5-8-18-41(36)53/h1-29H. The Morgan fingerprint density at radius 1 is 0.426 bits per heavy atom. The summed E-state index contributed by atoms with van der Waals surface area (Å²) in [5.41, 5.74) is 9.74. The highest BCUT2D eigenvalue weighted by atomic mass is 16.3. The lowest BCUT2D eigenvalue weighted by Gasteiger charge is -2.15. The molecule has 0 aliphatic rings. The van der Waals surface area contributed by atoms with Crippen LogP contribution in [0.5, 0.6) is 0 Å². The molecule has 0 bridgehead atoms. The minimum atomic E-state index is 0.566. The van der Waals surface area contributed by atoms with Gasteiger partial charge in [0.2, 0.25) is 0 Å². The van der Waals surface area contributed by atoms with E-state index in [-0.39, 0.29) is 0 Å². The third-order valence-electron chi connectivity index (χ3n) is 10.3. The zero-order valence-corrected chi connectivity index (χ0v) is 28.9. The summed E-state index contributed by atoms with van der Waals surface area (Å²) in [5.74, 6) is 1.74. The molecule has 54 heavy (non-hydrogen) atoms. The van der Waals surface area contributed by atoms with Gasteiger partial charge < -0.3 is 8.98 Å². The fraction of sp³-hybridized carbons (Fsp3) is 0. The van der Waals surface area contributed by atoms with Crippen molar-refractivity contribution in [2.24, 2.45) is 0 Å². The second kappa shape index (κ2) is 12.1. The summed E-state index contributed by atoms with van der Waals surface area (Å²) >= 11 is 0. The first-order chi connectivity index (χ1) is 26.8. The molecule has 0 fully saturated rings. The molecule has 0 aliphatic heterocycles. The molecule has 0 saturated heterocycles. The average molecular weight is 692 g/mol. The molecule has 252 valence electrons. The summed E-state index contributed by atoms with van der Waals surface area (Å²) in [6, 6.07) is 57.0. The first-order valence-corrected chi connectivity index (χ1v) is 18.0. The molecule has 4 aromatic heterocycles. The summed E-state index contributed by atoms with van der Waals surface area (Å²) < 4.78 is 8.57. The number of hydrogen-bond acceptors (Lipinski definition) is 5. The van der Waals surface area contributed by atoms with Gasteiger partial charge in [-0.3, -0.25) is 4.98 Å². The normalized spacial score (nSPS) is 11.7. The first-order valence-electron chi connectivity index (χ1n) is 18.0. The molecule has 0 saturated carbocycles. The van der Waals surface area contributed by atoms with Crippen molar-refractivity contribution in [3.05, 3.63) is 176 Å². The van der Waals surface area contributed by atoms with Crippen molar-refractivity contribution in [2.75, 3.05) is 0 Å². The Bertz CT molecular complexity index is 3180. The van der Waals surface area contributed by atoms with Crippen molar-refractivity contribution < 1.29 is 4.42 Å². The lowest BCUT2D eigenvalue weighted by atomic mass is 10.00. The molecule has 0 unspecified atom stereocenters. The van der Waals surface area contributed by atoms with Gasteiger partial charge in [-0.05, 0) is 70.4 Å². The van der Waals surface area contributed by atoms with Gasteiger partial charge in [-0.1, -0.05) is 115 Å². The van der Waals surface area contributed by atoms with Gasteiger partial charge in [0, 0.05) is 44.4 Å². The van der Waals surface area contributed by atoms with Crippen molar-refractivity contribution in [3.8, 4) is 51.0 Å². The van der Waals surface area contributed by atoms with Gasteiger partial charge in [0.15, 0.2) is 23.1 Å². The van der Waals surface area contributed by atoms with Crippen LogP contribution in [0.3, 0.4) is 0 Å². The maximum Gasteiger partial charge on any atom is 0.166 e. The van der Waals surface area contributed by atoms with Crippen LogP contribution in [0, 0.1) is 0 Å². The maximum atomic E-state index is 6.25. The number of aromatic nitrogens is 5. The van der Waals surface area contributed by atoms with E-state index in [0.717, 1.165) is 66.1 Å². The number of rotatable bonds is 5. The summed E-state index contributed by atoms with van der Waals surface area (Å²) in [5, 5.41) is 6.55. The molecular weight excluding hydrogens is 663 g/mol. The number of furan rings is 1. The minimum absolute atomic E-state index is 0.566. The van der Waals surface area contributed by atoms with Crippen LogP contribution in [-0.2, 0) is 0 Å². The molecule has 6 nitrogen and oxygen atoms in total. The summed E-state index contributed by atoms with van der Waals surface area (Å²) in [4.78, 5) is 20.1. The van der Waals surface area contributed by atoms with Crippen LogP contribution in [0.15, 0.2) is 181 Å². The maximum absolute atomic E-state index is 6.25. The highest BCUT2D eigenvalue weighted by molar-refractivity contribution is 6.12. The van der Waals surface area contributed by atoms with E-state index < -0.39 is 0 Å². The molecule has 0 amide bonds. The Balaban J connectivity index is 1.15. The number of benzene rings is 7. The van der Waals surface area contributed by atoms with Gasteiger partial charge in [0.05, 0.1) is 22.9 Å². The minimum Gasteiger partial charge on any atom is -0.454 e. The fourth-order valence-corrected chi connectivity index (χ4v) is 7.85. The number of fused-ring (bicyclic) bond motifs is 7. The Morgan fingerprint density at radius 2 is 1.06 bits per heavy atom. The van der Waals surface area contributed by atoms with Crippen LogP contribution < -0.4 is 0 Å². The van der Waals surface area contributed by atoms with Crippen LogP contribution in [0.25, 0.3) is 105 Å². The second-order valence-corrected chi connectivity index (χ2v) is 13.5. The molecular formula is C48H29N5O. The van der Waals surface area contributed by atoms with Gasteiger partial charge in [-0.15, -0.1) is 0 Å². The largest absolute Gasteiger partial charge is 0.454 e. The molecule has 0 radical (unpaired) electrons. The number of pyridine rings is 1. The molecule has 11 rings (SSSR count). The van der Waals surface area contributed by atoms with E-state index in [2.05, 4.69) is 143 Å². The third-order valence-corrected chi connectivity index (χ3v) is 10.3. The van der Waals surface area contributed by atoms with Crippen molar-refractivity contribution >= 4 is 54.5 Å². The quantitative estimate of drug-likeness (QED) is 0.180. The molecule has 6 heteroatoms. The van der Waals surface area contributed by atoms with Crippen LogP contribution >= 0.6 is 0 Å². The van der Waals surface area contributed by atoms with Gasteiger partial charge >= 0.3 is 0 Å². The predicted molar refractivity (Wildman–Crippen MR) is 218 cm³/mol. The van der Waals surface area contributed by atoms with E-state index in [4.69, 9.17) is 19.4 Å². The Hall–Kier alpha value is -7.44. The number of nitrogens with zero attached hydrogens (tertiary/aromatic N) is 5. The van der Waals surface area contributed by atoms with Crippen LogP contribution in [-0.4, -0.2) is 24.5 Å². The Morgan fingerprint density at radius 3 is 1.85 bits per heavy atom. The van der Waals surface area contributed by atoms with Crippen molar-refractivity contribution in [3.63, 3.8) is 0 Å². The van der Waals surface area contributed by atoms with Gasteiger partial charge in [0.25, 0.3) is 0 Å². The van der Waals surface area contributed by atoms with Gasteiger partial charge in [-0.25, -0.2) is 15.0 Å². The topological polar surface area (TPSA) is 69.6 Å². The van der Waals surface area contributed by atoms with Crippen LogP contribution in [0.1, 0.15) is 0 Å². The van der Waals surface area contributed by atoms with E-state index in [9.17, 15) is 0 Å². The predicted octanol–water partition coefficient (Wildman–Crippen LogP) is 12.1. The third kappa shape index (κ3) is 4.81. The molecule has 0 aliphatic carbocycles. The number of hydrogen-bond donors (Lipinski definition) is 0. The zero-order valence-electron chi connectivity index (χ0n) is 28.9. The summed E-state index contributed by atoms with van der Waals surface area (Å²) in [7, 11) is 0. The molecule has 11 aromatic rings. The van der Waals surface area contributed by atoms with E-state index in [1.807, 2.05) is 30.3 Å².